The summed E-state index contributed by atoms with van der Waals surface area (Å²) < 4.78 is 0. The molecule has 0 bridgehead atoms. The average molecular weight is 224 g/mol. The van der Waals surface area contributed by atoms with E-state index in [1.54, 1.807) is 0 Å². The van der Waals surface area contributed by atoms with Gasteiger partial charge in [0.2, 0.25) is 0 Å². The van der Waals surface area contributed by atoms with Crippen LogP contribution in [0.3, 0.4) is 0 Å². The lowest BCUT2D eigenvalue weighted by Gasteiger charge is -2.42. The van der Waals surface area contributed by atoms with Gasteiger partial charge >= 0.3 is 0 Å². The van der Waals surface area contributed by atoms with Crippen molar-refractivity contribution in [2.24, 2.45) is 17.6 Å². The van der Waals surface area contributed by atoms with Crippen molar-refractivity contribution in [2.45, 2.75) is 57.9 Å². The van der Waals surface area contributed by atoms with Crippen molar-refractivity contribution in [1.82, 2.24) is 4.90 Å². The summed E-state index contributed by atoms with van der Waals surface area (Å²) in [6, 6.07) is 0.408. The Morgan fingerprint density at radius 2 is 1.94 bits per heavy atom. The van der Waals surface area contributed by atoms with Gasteiger partial charge in [0.05, 0.1) is 0 Å². The van der Waals surface area contributed by atoms with Gasteiger partial charge < -0.3 is 10.6 Å². The molecule has 0 aromatic heterocycles. The molecule has 0 radical (unpaired) electrons. The Balaban J connectivity index is 1.76. The van der Waals surface area contributed by atoms with E-state index in [2.05, 4.69) is 11.8 Å². The van der Waals surface area contributed by atoms with Gasteiger partial charge in [-0.1, -0.05) is 32.6 Å². The van der Waals surface area contributed by atoms with E-state index >= 15 is 0 Å². The second-order valence-electron chi connectivity index (χ2n) is 5.90. The van der Waals surface area contributed by atoms with Gasteiger partial charge in [0, 0.05) is 19.1 Å². The first-order chi connectivity index (χ1) is 7.79. The number of likely N-dealkylation sites (tertiary alicyclic amines) is 1. The zero-order valence-corrected chi connectivity index (χ0v) is 10.8. The number of fused-ring (bicyclic) bond motifs is 1. The number of nitrogens with zero attached hydrogens (tertiary/aromatic N) is 1. The van der Waals surface area contributed by atoms with Crippen molar-refractivity contribution >= 4 is 0 Å². The summed E-state index contributed by atoms with van der Waals surface area (Å²) in [7, 11) is 0. The third-order valence-corrected chi connectivity index (χ3v) is 4.53. The summed E-state index contributed by atoms with van der Waals surface area (Å²) in [5, 5.41) is 0. The van der Waals surface area contributed by atoms with Crippen LogP contribution in [-0.2, 0) is 0 Å². The summed E-state index contributed by atoms with van der Waals surface area (Å²) in [5.41, 5.74) is 6.14. The van der Waals surface area contributed by atoms with E-state index in [9.17, 15) is 0 Å². The zero-order valence-electron chi connectivity index (χ0n) is 10.8. The third-order valence-electron chi connectivity index (χ3n) is 4.53. The van der Waals surface area contributed by atoms with Gasteiger partial charge in [0.1, 0.15) is 0 Å². The number of piperidine rings is 1. The van der Waals surface area contributed by atoms with Gasteiger partial charge in [0.25, 0.3) is 0 Å². The van der Waals surface area contributed by atoms with E-state index in [0.717, 1.165) is 18.4 Å². The van der Waals surface area contributed by atoms with Crippen molar-refractivity contribution in [3.63, 3.8) is 0 Å². The predicted octanol–water partition coefficient (Wildman–Crippen LogP) is 2.63. The van der Waals surface area contributed by atoms with Gasteiger partial charge in [-0.15, -0.1) is 0 Å². The quantitative estimate of drug-likeness (QED) is 0.795. The van der Waals surface area contributed by atoms with Gasteiger partial charge in [-0.05, 0) is 37.6 Å². The van der Waals surface area contributed by atoms with Crippen LogP contribution in [0, 0.1) is 11.8 Å². The van der Waals surface area contributed by atoms with Crippen LogP contribution in [0.4, 0.5) is 0 Å². The molecule has 2 nitrogen and oxygen atoms in total. The molecule has 16 heavy (non-hydrogen) atoms. The summed E-state index contributed by atoms with van der Waals surface area (Å²) in [6.45, 7) is 6.00. The summed E-state index contributed by atoms with van der Waals surface area (Å²) in [5.74, 6) is 2.05. The predicted molar refractivity (Wildman–Crippen MR) is 69.4 cm³/mol. The highest BCUT2D eigenvalue weighted by molar-refractivity contribution is 4.84. The number of rotatable bonds is 4. The van der Waals surface area contributed by atoms with Gasteiger partial charge in [0.15, 0.2) is 0 Å². The summed E-state index contributed by atoms with van der Waals surface area (Å²) >= 11 is 0. The minimum Gasteiger partial charge on any atom is -0.327 e. The Bertz CT molecular complexity index is 205. The maximum atomic E-state index is 6.14. The molecule has 0 spiro atoms. The minimum atomic E-state index is 0.408. The average Bonchev–Trinajstić information content (AvgIpc) is 2.29. The van der Waals surface area contributed by atoms with Crippen LogP contribution >= 0.6 is 0 Å². The smallest absolute Gasteiger partial charge is 0.0167 e. The van der Waals surface area contributed by atoms with Crippen molar-refractivity contribution in [1.29, 1.82) is 0 Å². The lowest BCUT2D eigenvalue weighted by Crippen LogP contribution is -2.46. The Morgan fingerprint density at radius 3 is 2.69 bits per heavy atom. The fourth-order valence-electron chi connectivity index (χ4n) is 3.64. The van der Waals surface area contributed by atoms with Gasteiger partial charge in [-0.3, -0.25) is 0 Å². The van der Waals surface area contributed by atoms with Crippen molar-refractivity contribution in [2.75, 3.05) is 19.6 Å². The van der Waals surface area contributed by atoms with E-state index in [4.69, 9.17) is 5.73 Å². The van der Waals surface area contributed by atoms with E-state index in [1.165, 1.54) is 58.0 Å². The Labute approximate surface area is 101 Å². The molecule has 1 saturated heterocycles. The number of nitrogens with two attached hydrogens (primary N) is 1. The minimum absolute atomic E-state index is 0.408. The van der Waals surface area contributed by atoms with E-state index < -0.39 is 0 Å². The van der Waals surface area contributed by atoms with Crippen molar-refractivity contribution < 1.29 is 0 Å². The molecule has 0 amide bonds. The molecule has 1 saturated carbocycles. The Morgan fingerprint density at radius 1 is 1.19 bits per heavy atom. The van der Waals surface area contributed by atoms with Crippen LogP contribution in [0.5, 0.6) is 0 Å². The van der Waals surface area contributed by atoms with E-state index in [0.29, 0.717) is 6.04 Å². The molecule has 1 aliphatic heterocycles. The lowest BCUT2D eigenvalue weighted by atomic mass is 9.75. The summed E-state index contributed by atoms with van der Waals surface area (Å²) in [4.78, 5) is 2.63. The Kier molecular flexibility index (Phi) is 4.66. The van der Waals surface area contributed by atoms with E-state index in [-0.39, 0.29) is 0 Å². The normalized spacial score (nSPS) is 33.4. The maximum Gasteiger partial charge on any atom is 0.0167 e. The summed E-state index contributed by atoms with van der Waals surface area (Å²) in [6.07, 6.45) is 9.77. The first kappa shape index (κ1) is 12.4. The SMILES string of the molecule is CCC[C@H](N)CN1CC[C@@H]2CCCC[C@H]2C1. The Hall–Kier alpha value is -0.0800. The molecule has 0 unspecified atom stereocenters. The molecule has 94 valence electrons. The van der Waals surface area contributed by atoms with Crippen LogP contribution in [0.25, 0.3) is 0 Å². The second kappa shape index (κ2) is 6.02. The van der Waals surface area contributed by atoms with Gasteiger partial charge in [-0.2, -0.15) is 0 Å². The molecular weight excluding hydrogens is 196 g/mol. The molecule has 2 N–H and O–H groups in total. The number of hydrogen-bond donors (Lipinski definition) is 1. The van der Waals surface area contributed by atoms with Crippen molar-refractivity contribution in [3.8, 4) is 0 Å². The first-order valence-electron chi connectivity index (χ1n) is 7.27. The monoisotopic (exact) mass is 224 g/mol. The van der Waals surface area contributed by atoms with Crippen molar-refractivity contribution in [3.05, 3.63) is 0 Å². The van der Waals surface area contributed by atoms with Crippen LogP contribution in [0.1, 0.15) is 51.9 Å². The highest BCUT2D eigenvalue weighted by Gasteiger charge is 2.31. The molecule has 2 fully saturated rings. The standard InChI is InChI=1S/C14H28N2/c1-2-5-14(15)11-16-9-8-12-6-3-4-7-13(12)10-16/h12-14H,2-11,15H2,1H3/t12-,13-,14-/m0/s1. The maximum absolute atomic E-state index is 6.14. The molecular formula is C14H28N2. The molecule has 0 aromatic rings. The lowest BCUT2D eigenvalue weighted by molar-refractivity contribution is 0.0821. The highest BCUT2D eigenvalue weighted by Crippen LogP contribution is 2.35. The molecule has 1 heterocycles. The number of hydrogen-bond acceptors (Lipinski definition) is 2. The topological polar surface area (TPSA) is 29.3 Å². The van der Waals surface area contributed by atoms with Gasteiger partial charge in [-0.25, -0.2) is 0 Å². The molecule has 2 rings (SSSR count). The second-order valence-corrected chi connectivity index (χ2v) is 5.90. The molecule has 0 aromatic carbocycles. The van der Waals surface area contributed by atoms with Crippen LogP contribution < -0.4 is 5.73 Å². The van der Waals surface area contributed by atoms with Crippen LogP contribution in [-0.4, -0.2) is 30.6 Å². The van der Waals surface area contributed by atoms with Crippen LogP contribution in [0.15, 0.2) is 0 Å². The zero-order chi connectivity index (χ0) is 11.4. The molecule has 1 aliphatic carbocycles. The molecule has 3 atom stereocenters. The van der Waals surface area contributed by atoms with E-state index in [1.807, 2.05) is 0 Å². The largest absolute Gasteiger partial charge is 0.327 e. The highest BCUT2D eigenvalue weighted by atomic mass is 15.1. The third kappa shape index (κ3) is 3.21. The fraction of sp³-hybridized carbons (Fsp3) is 1.00. The van der Waals surface area contributed by atoms with Crippen LogP contribution in [0.2, 0.25) is 0 Å². The fourth-order valence-corrected chi connectivity index (χ4v) is 3.64. The first-order valence-corrected chi connectivity index (χ1v) is 7.27. The molecule has 2 heteroatoms. The molecule has 2 aliphatic rings.